The highest BCUT2D eigenvalue weighted by molar-refractivity contribution is 8.13. The molecule has 0 saturated carbocycles. The smallest absolute Gasteiger partial charge is 0.261 e. The number of methoxy groups -OCH3 is 1. The van der Waals surface area contributed by atoms with Crippen LogP contribution in [-0.2, 0) is 13.8 Å². The molecule has 0 radical (unpaired) electrons. The predicted molar refractivity (Wildman–Crippen MR) is 82.4 cm³/mol. The van der Waals surface area contributed by atoms with E-state index in [-0.39, 0.29) is 16.4 Å². The average molecular weight is 334 g/mol. The molecule has 0 saturated heterocycles. The Hall–Kier alpha value is -1.11. The molecule has 21 heavy (non-hydrogen) atoms. The molecule has 0 aliphatic carbocycles. The zero-order valence-corrected chi connectivity index (χ0v) is 14.4. The second kappa shape index (κ2) is 6.34. The maximum Gasteiger partial charge on any atom is 0.261 e. The van der Waals surface area contributed by atoms with Gasteiger partial charge in [-0.25, -0.2) is 8.42 Å². The summed E-state index contributed by atoms with van der Waals surface area (Å²) in [5, 5.41) is 2.80. The summed E-state index contributed by atoms with van der Waals surface area (Å²) in [5.41, 5.74) is 0.913. The van der Waals surface area contributed by atoms with Crippen molar-refractivity contribution >= 4 is 25.6 Å². The lowest BCUT2D eigenvalue weighted by Crippen LogP contribution is -2.46. The minimum absolute atomic E-state index is 0.0427. The summed E-state index contributed by atoms with van der Waals surface area (Å²) in [6, 6.07) is 2.93. The van der Waals surface area contributed by atoms with Crippen LogP contribution in [-0.4, -0.2) is 33.6 Å². The van der Waals surface area contributed by atoms with Crippen LogP contribution in [0.4, 0.5) is 0 Å². The first-order chi connectivity index (χ1) is 9.48. The molecule has 5 nitrogen and oxygen atoms in total. The molecule has 1 rings (SSSR count). The van der Waals surface area contributed by atoms with Crippen LogP contribution in [0.2, 0.25) is 0 Å². The second-order valence-corrected chi connectivity index (χ2v) is 8.16. The van der Waals surface area contributed by atoms with Gasteiger partial charge >= 0.3 is 0 Å². The molecule has 1 aromatic rings. The minimum atomic E-state index is -3.90. The molecule has 0 aromatic heterocycles. The normalized spacial score (nSPS) is 12.3. The fourth-order valence-corrected chi connectivity index (χ4v) is 3.26. The number of aryl methyl sites for hydroxylation is 1. The third-order valence-corrected chi connectivity index (χ3v) is 4.55. The number of ether oxygens (including phenoxy) is 1. The van der Waals surface area contributed by atoms with Crippen molar-refractivity contribution < 1.29 is 17.9 Å². The number of carbonyl (C=O) groups excluding carboxylic acids is 1. The molecule has 0 fully saturated rings. The van der Waals surface area contributed by atoms with Gasteiger partial charge in [-0.2, -0.15) is 0 Å². The van der Waals surface area contributed by atoms with E-state index < -0.39 is 14.6 Å². The van der Waals surface area contributed by atoms with Crippen LogP contribution in [0.25, 0.3) is 0 Å². The van der Waals surface area contributed by atoms with Crippen molar-refractivity contribution in [1.82, 2.24) is 5.32 Å². The van der Waals surface area contributed by atoms with E-state index >= 15 is 0 Å². The summed E-state index contributed by atoms with van der Waals surface area (Å²) in [5.74, 6) is -0.373. The molecule has 7 heteroatoms. The van der Waals surface area contributed by atoms with E-state index in [9.17, 15) is 13.2 Å². The van der Waals surface area contributed by atoms with Gasteiger partial charge in [0, 0.05) is 23.4 Å². The van der Waals surface area contributed by atoms with E-state index in [1.807, 2.05) is 13.8 Å². The number of nitrogens with one attached hydrogen (secondary N) is 1. The lowest BCUT2D eigenvalue weighted by molar-refractivity contribution is 0.0819. The van der Waals surface area contributed by atoms with Crippen LogP contribution in [0.3, 0.4) is 0 Å². The third kappa shape index (κ3) is 4.69. The highest BCUT2D eigenvalue weighted by atomic mass is 35.7. The molecule has 1 amide bonds. The number of halogens is 1. The molecular formula is C14H20ClNO4S. The topological polar surface area (TPSA) is 72.5 Å². The SMILES string of the molecule is COCC(C)(C)NC(=O)c1cc(C)c(C)c(S(=O)(=O)Cl)c1. The Bertz CT molecular complexity index is 653. The van der Waals surface area contributed by atoms with Gasteiger partial charge in [-0.1, -0.05) is 0 Å². The first-order valence-electron chi connectivity index (χ1n) is 6.35. The zero-order valence-electron chi connectivity index (χ0n) is 12.8. The van der Waals surface area contributed by atoms with Crippen molar-refractivity contribution in [3.8, 4) is 0 Å². The first kappa shape index (κ1) is 17.9. The minimum Gasteiger partial charge on any atom is -0.382 e. The van der Waals surface area contributed by atoms with Gasteiger partial charge < -0.3 is 10.1 Å². The Balaban J connectivity index is 3.21. The van der Waals surface area contributed by atoms with E-state index in [2.05, 4.69) is 5.32 Å². The fourth-order valence-electron chi connectivity index (χ4n) is 1.99. The molecule has 0 atom stereocenters. The Morgan fingerprint density at radius 1 is 1.33 bits per heavy atom. The Labute approximate surface area is 130 Å². The third-order valence-electron chi connectivity index (χ3n) is 3.10. The van der Waals surface area contributed by atoms with Crippen LogP contribution >= 0.6 is 10.7 Å². The van der Waals surface area contributed by atoms with Crippen LogP contribution in [0.15, 0.2) is 17.0 Å². The number of hydrogen-bond acceptors (Lipinski definition) is 4. The first-order valence-corrected chi connectivity index (χ1v) is 8.66. The molecule has 118 valence electrons. The van der Waals surface area contributed by atoms with E-state index in [1.165, 1.54) is 6.07 Å². The van der Waals surface area contributed by atoms with Crippen LogP contribution in [0.1, 0.15) is 35.3 Å². The number of hydrogen-bond donors (Lipinski definition) is 1. The molecule has 0 aliphatic rings. The largest absolute Gasteiger partial charge is 0.382 e. The highest BCUT2D eigenvalue weighted by Gasteiger charge is 2.23. The van der Waals surface area contributed by atoms with E-state index in [1.54, 1.807) is 27.0 Å². The highest BCUT2D eigenvalue weighted by Crippen LogP contribution is 2.24. The maximum atomic E-state index is 12.3. The molecular weight excluding hydrogens is 314 g/mol. The number of rotatable bonds is 5. The standard InChI is InChI=1S/C14H20ClNO4S/c1-9-6-11(7-12(10(9)2)21(15,18)19)13(17)16-14(3,4)8-20-5/h6-7H,8H2,1-5H3,(H,16,17). The molecule has 0 heterocycles. The quantitative estimate of drug-likeness (QED) is 0.840. The predicted octanol–water partition coefficient (Wildman–Crippen LogP) is 2.39. The van der Waals surface area contributed by atoms with E-state index in [4.69, 9.17) is 15.4 Å². The Morgan fingerprint density at radius 2 is 1.90 bits per heavy atom. The summed E-state index contributed by atoms with van der Waals surface area (Å²) in [6.45, 7) is 7.35. The summed E-state index contributed by atoms with van der Waals surface area (Å²) in [4.78, 5) is 12.2. The van der Waals surface area contributed by atoms with Crippen LogP contribution in [0.5, 0.6) is 0 Å². The van der Waals surface area contributed by atoms with Gasteiger partial charge in [0.2, 0.25) is 0 Å². The van der Waals surface area contributed by atoms with Gasteiger partial charge in [0.1, 0.15) is 0 Å². The number of amides is 1. The monoisotopic (exact) mass is 333 g/mol. The van der Waals surface area contributed by atoms with Crippen molar-refractivity contribution in [1.29, 1.82) is 0 Å². The van der Waals surface area contributed by atoms with Gasteiger partial charge in [0.15, 0.2) is 0 Å². The van der Waals surface area contributed by atoms with Crippen molar-refractivity contribution in [2.75, 3.05) is 13.7 Å². The van der Waals surface area contributed by atoms with Gasteiger partial charge in [0.25, 0.3) is 15.0 Å². The summed E-state index contributed by atoms with van der Waals surface area (Å²) >= 11 is 0. The maximum absolute atomic E-state index is 12.3. The Kier molecular flexibility index (Phi) is 5.41. The summed E-state index contributed by atoms with van der Waals surface area (Å²) < 4.78 is 28.2. The van der Waals surface area contributed by atoms with Crippen molar-refractivity contribution in [3.05, 3.63) is 28.8 Å². The molecule has 1 aromatic carbocycles. The van der Waals surface area contributed by atoms with E-state index in [0.29, 0.717) is 17.7 Å². The second-order valence-electron chi connectivity index (χ2n) is 5.63. The van der Waals surface area contributed by atoms with Crippen LogP contribution in [0, 0.1) is 13.8 Å². The van der Waals surface area contributed by atoms with Crippen molar-refractivity contribution in [3.63, 3.8) is 0 Å². The van der Waals surface area contributed by atoms with Crippen molar-refractivity contribution in [2.24, 2.45) is 0 Å². The molecule has 1 N–H and O–H groups in total. The molecule has 0 bridgehead atoms. The van der Waals surface area contributed by atoms with Gasteiger partial charge in [-0.15, -0.1) is 0 Å². The molecule has 0 aliphatic heterocycles. The molecule has 0 spiro atoms. The van der Waals surface area contributed by atoms with Gasteiger partial charge in [0.05, 0.1) is 17.0 Å². The number of carbonyl (C=O) groups is 1. The average Bonchev–Trinajstić information content (AvgIpc) is 2.29. The summed E-state index contributed by atoms with van der Waals surface area (Å²) in [7, 11) is 3.06. The lowest BCUT2D eigenvalue weighted by atomic mass is 10.0. The van der Waals surface area contributed by atoms with E-state index in [0.717, 1.165) is 0 Å². The number of benzene rings is 1. The Morgan fingerprint density at radius 3 is 2.38 bits per heavy atom. The fraction of sp³-hybridized carbons (Fsp3) is 0.500. The van der Waals surface area contributed by atoms with Crippen molar-refractivity contribution in [2.45, 2.75) is 38.1 Å². The summed E-state index contributed by atoms with van der Waals surface area (Å²) in [6.07, 6.45) is 0. The molecule has 0 unspecified atom stereocenters. The van der Waals surface area contributed by atoms with Gasteiger partial charge in [-0.05, 0) is 51.0 Å². The lowest BCUT2D eigenvalue weighted by Gasteiger charge is -2.25. The zero-order chi connectivity index (χ0) is 16.4. The van der Waals surface area contributed by atoms with Gasteiger partial charge in [-0.3, -0.25) is 4.79 Å². The van der Waals surface area contributed by atoms with Crippen LogP contribution < -0.4 is 5.32 Å².